The number of hydrogen-bond donors (Lipinski definition) is 1. The third-order valence-electron chi connectivity index (χ3n) is 2.84. The van der Waals surface area contributed by atoms with Gasteiger partial charge in [0.2, 0.25) is 0 Å². The third kappa shape index (κ3) is 3.79. The fourth-order valence-electron chi connectivity index (χ4n) is 1.91. The van der Waals surface area contributed by atoms with Crippen LogP contribution < -0.4 is 5.32 Å². The summed E-state index contributed by atoms with van der Waals surface area (Å²) >= 11 is 0. The van der Waals surface area contributed by atoms with Crippen LogP contribution in [-0.2, 0) is 11.3 Å². The maximum atomic E-state index is 5.30. The Morgan fingerprint density at radius 2 is 2.22 bits per heavy atom. The Labute approximate surface area is 108 Å². The summed E-state index contributed by atoms with van der Waals surface area (Å²) in [6, 6.07) is 10.5. The Hall–Kier alpha value is -1.45. The number of rotatable bonds is 7. The second kappa shape index (κ2) is 7.09. The lowest BCUT2D eigenvalue weighted by atomic mass is 10.1. The van der Waals surface area contributed by atoms with Crippen LogP contribution in [0.5, 0.6) is 0 Å². The first-order valence-corrected chi connectivity index (χ1v) is 6.52. The molecular formula is C15H20N2O. The molecule has 0 fully saturated rings. The molecule has 2 aromatic rings. The third-order valence-corrected chi connectivity index (χ3v) is 2.84. The maximum absolute atomic E-state index is 5.30. The summed E-state index contributed by atoms with van der Waals surface area (Å²) in [5.41, 5.74) is 2.35. The van der Waals surface area contributed by atoms with Crippen LogP contribution in [0.4, 0.5) is 0 Å². The molecule has 0 atom stereocenters. The van der Waals surface area contributed by atoms with Gasteiger partial charge in [-0.15, -0.1) is 0 Å². The van der Waals surface area contributed by atoms with Gasteiger partial charge in [0.1, 0.15) is 0 Å². The Balaban J connectivity index is 1.81. The minimum Gasteiger partial charge on any atom is -0.382 e. The molecule has 0 bridgehead atoms. The van der Waals surface area contributed by atoms with E-state index < -0.39 is 0 Å². The summed E-state index contributed by atoms with van der Waals surface area (Å²) < 4.78 is 5.30. The zero-order valence-corrected chi connectivity index (χ0v) is 10.9. The molecule has 0 aliphatic carbocycles. The maximum Gasteiger partial charge on any atom is 0.0702 e. The van der Waals surface area contributed by atoms with Gasteiger partial charge in [-0.25, -0.2) is 0 Å². The average molecular weight is 244 g/mol. The Bertz CT molecular complexity index is 485. The molecule has 1 N–H and O–H groups in total. The molecule has 3 heteroatoms. The van der Waals surface area contributed by atoms with Crippen molar-refractivity contribution in [3.05, 3.63) is 42.1 Å². The van der Waals surface area contributed by atoms with Gasteiger partial charge in [0.25, 0.3) is 0 Å². The molecule has 1 aromatic carbocycles. The first-order valence-electron chi connectivity index (χ1n) is 6.52. The van der Waals surface area contributed by atoms with Gasteiger partial charge in [-0.05, 0) is 43.7 Å². The van der Waals surface area contributed by atoms with Gasteiger partial charge in [0.15, 0.2) is 0 Å². The van der Waals surface area contributed by atoms with Gasteiger partial charge >= 0.3 is 0 Å². The molecule has 1 heterocycles. The number of nitrogens with one attached hydrogen (secondary N) is 1. The molecule has 18 heavy (non-hydrogen) atoms. The minimum absolute atomic E-state index is 0.803. The Morgan fingerprint density at radius 3 is 3.11 bits per heavy atom. The van der Waals surface area contributed by atoms with Crippen molar-refractivity contribution in [3.63, 3.8) is 0 Å². The number of pyridine rings is 1. The van der Waals surface area contributed by atoms with E-state index in [0.717, 1.165) is 38.2 Å². The van der Waals surface area contributed by atoms with E-state index in [1.54, 1.807) is 0 Å². The van der Waals surface area contributed by atoms with Crippen LogP contribution in [0.15, 0.2) is 36.5 Å². The van der Waals surface area contributed by atoms with Crippen molar-refractivity contribution in [1.82, 2.24) is 10.3 Å². The van der Waals surface area contributed by atoms with Crippen molar-refractivity contribution in [3.8, 4) is 0 Å². The van der Waals surface area contributed by atoms with E-state index in [2.05, 4.69) is 34.6 Å². The largest absolute Gasteiger partial charge is 0.382 e. The predicted octanol–water partition coefficient (Wildman–Crippen LogP) is 2.75. The zero-order chi connectivity index (χ0) is 12.6. The Kier molecular flexibility index (Phi) is 5.12. The molecule has 3 nitrogen and oxygen atoms in total. The SMILES string of the molecule is CCOCCCNCc1ccc2ncccc2c1. The lowest BCUT2D eigenvalue weighted by molar-refractivity contribution is 0.144. The van der Waals surface area contributed by atoms with E-state index in [-0.39, 0.29) is 0 Å². The number of ether oxygens (including phenoxy) is 1. The lowest BCUT2D eigenvalue weighted by Gasteiger charge is -2.06. The first-order chi connectivity index (χ1) is 8.90. The van der Waals surface area contributed by atoms with Crippen LogP contribution in [0.25, 0.3) is 10.9 Å². The number of aromatic nitrogens is 1. The molecule has 2 rings (SSSR count). The molecule has 0 amide bonds. The number of hydrogen-bond acceptors (Lipinski definition) is 3. The van der Waals surface area contributed by atoms with Crippen LogP contribution in [0, 0.1) is 0 Å². The van der Waals surface area contributed by atoms with Gasteiger partial charge in [0, 0.05) is 31.3 Å². The summed E-state index contributed by atoms with van der Waals surface area (Å²) in [6.07, 6.45) is 2.89. The van der Waals surface area contributed by atoms with E-state index in [1.807, 2.05) is 19.2 Å². The van der Waals surface area contributed by atoms with Gasteiger partial charge in [0.05, 0.1) is 5.52 Å². The molecule has 1 aromatic heterocycles. The summed E-state index contributed by atoms with van der Waals surface area (Å²) in [7, 11) is 0. The molecule has 0 saturated heterocycles. The van der Waals surface area contributed by atoms with Crippen LogP contribution in [-0.4, -0.2) is 24.7 Å². The fourth-order valence-corrected chi connectivity index (χ4v) is 1.91. The molecule has 0 spiro atoms. The van der Waals surface area contributed by atoms with Gasteiger partial charge < -0.3 is 10.1 Å². The molecule has 96 valence electrons. The van der Waals surface area contributed by atoms with Gasteiger partial charge in [-0.1, -0.05) is 12.1 Å². The van der Waals surface area contributed by atoms with E-state index in [1.165, 1.54) is 10.9 Å². The lowest BCUT2D eigenvalue weighted by Crippen LogP contribution is -2.16. The predicted molar refractivity (Wildman–Crippen MR) is 74.6 cm³/mol. The topological polar surface area (TPSA) is 34.1 Å². The van der Waals surface area contributed by atoms with Crippen LogP contribution >= 0.6 is 0 Å². The fraction of sp³-hybridized carbons (Fsp3) is 0.400. The van der Waals surface area contributed by atoms with Crippen molar-refractivity contribution in [2.24, 2.45) is 0 Å². The second-order valence-corrected chi connectivity index (χ2v) is 4.26. The van der Waals surface area contributed by atoms with E-state index >= 15 is 0 Å². The smallest absolute Gasteiger partial charge is 0.0702 e. The molecular weight excluding hydrogens is 224 g/mol. The highest BCUT2D eigenvalue weighted by Gasteiger charge is 1.96. The monoisotopic (exact) mass is 244 g/mol. The highest BCUT2D eigenvalue weighted by molar-refractivity contribution is 5.78. The Morgan fingerprint density at radius 1 is 1.28 bits per heavy atom. The van der Waals surface area contributed by atoms with E-state index in [0.29, 0.717) is 0 Å². The zero-order valence-electron chi connectivity index (χ0n) is 10.9. The number of nitrogens with zero attached hydrogens (tertiary/aromatic N) is 1. The van der Waals surface area contributed by atoms with Crippen molar-refractivity contribution in [2.75, 3.05) is 19.8 Å². The van der Waals surface area contributed by atoms with Crippen LogP contribution in [0.2, 0.25) is 0 Å². The summed E-state index contributed by atoms with van der Waals surface area (Å²) in [4.78, 5) is 4.32. The van der Waals surface area contributed by atoms with Crippen molar-refractivity contribution in [1.29, 1.82) is 0 Å². The number of fused-ring (bicyclic) bond motifs is 1. The van der Waals surface area contributed by atoms with Gasteiger partial charge in [-0.3, -0.25) is 4.98 Å². The minimum atomic E-state index is 0.803. The van der Waals surface area contributed by atoms with E-state index in [9.17, 15) is 0 Å². The van der Waals surface area contributed by atoms with Crippen molar-refractivity contribution in [2.45, 2.75) is 19.9 Å². The summed E-state index contributed by atoms with van der Waals surface area (Å²) in [5.74, 6) is 0. The quantitative estimate of drug-likeness (QED) is 0.760. The highest BCUT2D eigenvalue weighted by Crippen LogP contribution is 2.12. The molecule has 0 radical (unpaired) electrons. The standard InChI is InChI=1S/C15H20N2O/c1-2-18-10-4-8-16-12-13-6-7-15-14(11-13)5-3-9-17-15/h3,5-7,9,11,16H,2,4,8,10,12H2,1H3. The molecule has 0 unspecified atom stereocenters. The molecule has 0 saturated carbocycles. The average Bonchev–Trinajstić information content (AvgIpc) is 2.42. The van der Waals surface area contributed by atoms with Crippen molar-refractivity contribution >= 4 is 10.9 Å². The van der Waals surface area contributed by atoms with E-state index in [4.69, 9.17) is 4.74 Å². The normalized spacial score (nSPS) is 10.9. The molecule has 0 aliphatic heterocycles. The highest BCUT2D eigenvalue weighted by atomic mass is 16.5. The summed E-state index contributed by atoms with van der Waals surface area (Å²) in [5, 5.41) is 4.62. The van der Waals surface area contributed by atoms with Crippen LogP contribution in [0.3, 0.4) is 0 Å². The van der Waals surface area contributed by atoms with Crippen molar-refractivity contribution < 1.29 is 4.74 Å². The molecule has 0 aliphatic rings. The van der Waals surface area contributed by atoms with Gasteiger partial charge in [-0.2, -0.15) is 0 Å². The number of benzene rings is 1. The summed E-state index contributed by atoms with van der Waals surface area (Å²) in [6.45, 7) is 5.56. The second-order valence-electron chi connectivity index (χ2n) is 4.26. The van der Waals surface area contributed by atoms with Crippen LogP contribution in [0.1, 0.15) is 18.9 Å². The first kappa shape index (κ1) is 13.0.